The van der Waals surface area contributed by atoms with Crippen LogP contribution in [0.1, 0.15) is 41.9 Å². The summed E-state index contributed by atoms with van der Waals surface area (Å²) in [6.45, 7) is 5.83. The lowest BCUT2D eigenvalue weighted by Gasteiger charge is -2.34. The summed E-state index contributed by atoms with van der Waals surface area (Å²) in [6.07, 6.45) is 0.0676. The molecule has 31 heavy (non-hydrogen) atoms. The lowest BCUT2D eigenvalue weighted by molar-refractivity contribution is 0.146. The first-order valence-electron chi connectivity index (χ1n) is 10.3. The van der Waals surface area contributed by atoms with Crippen LogP contribution < -0.4 is 15.0 Å². The highest BCUT2D eigenvalue weighted by atomic mass is 19.3. The van der Waals surface area contributed by atoms with Crippen LogP contribution >= 0.6 is 0 Å². The van der Waals surface area contributed by atoms with Crippen molar-refractivity contribution >= 4 is 22.4 Å². The Morgan fingerprint density at radius 2 is 1.94 bits per heavy atom. The van der Waals surface area contributed by atoms with E-state index >= 15 is 0 Å². The number of halogens is 3. The maximum absolute atomic E-state index is 14.7. The highest BCUT2D eigenvalue weighted by molar-refractivity contribution is 5.97. The Morgan fingerprint density at radius 3 is 2.65 bits per heavy atom. The number of alkyl halides is 2. The van der Waals surface area contributed by atoms with Gasteiger partial charge >= 0.3 is 0 Å². The van der Waals surface area contributed by atoms with E-state index in [-0.39, 0.29) is 5.56 Å². The summed E-state index contributed by atoms with van der Waals surface area (Å²) < 4.78 is 46.9. The molecular formula is C23H22F3N4O. The van der Waals surface area contributed by atoms with Crippen molar-refractivity contribution in [3.05, 3.63) is 59.0 Å². The van der Waals surface area contributed by atoms with Crippen LogP contribution in [0.2, 0.25) is 0 Å². The molecule has 0 saturated carbocycles. The molecule has 0 amide bonds. The number of hydrogen-bond acceptors (Lipinski definition) is 5. The van der Waals surface area contributed by atoms with Gasteiger partial charge in [-0.2, -0.15) is 0 Å². The maximum Gasteiger partial charge on any atom is 0.266 e. The molecule has 2 aliphatic rings. The first-order chi connectivity index (χ1) is 14.9. The summed E-state index contributed by atoms with van der Waals surface area (Å²) >= 11 is 0. The number of aryl methyl sites for hydroxylation is 1. The number of ether oxygens (including phenoxy) is 1. The fraction of sp³-hybridized carbons (Fsp3) is 0.348. The first-order valence-corrected chi connectivity index (χ1v) is 10.3. The molecule has 8 heteroatoms. The van der Waals surface area contributed by atoms with E-state index in [1.54, 1.807) is 13.8 Å². The van der Waals surface area contributed by atoms with E-state index in [0.717, 1.165) is 53.5 Å². The summed E-state index contributed by atoms with van der Waals surface area (Å²) in [5.74, 6) is 1.10. The number of benzene rings is 2. The van der Waals surface area contributed by atoms with Crippen molar-refractivity contribution in [1.29, 1.82) is 0 Å². The van der Waals surface area contributed by atoms with Gasteiger partial charge in [0, 0.05) is 42.4 Å². The van der Waals surface area contributed by atoms with Crippen LogP contribution in [0.15, 0.2) is 24.3 Å². The molecule has 161 valence electrons. The molecule has 0 spiro atoms. The Morgan fingerprint density at radius 1 is 1.16 bits per heavy atom. The lowest BCUT2D eigenvalue weighted by Crippen LogP contribution is -2.38. The molecule has 2 aliphatic heterocycles. The third-order valence-corrected chi connectivity index (χ3v) is 5.88. The molecule has 3 aromatic rings. The van der Waals surface area contributed by atoms with Gasteiger partial charge in [-0.1, -0.05) is 18.2 Å². The van der Waals surface area contributed by atoms with E-state index in [9.17, 15) is 13.2 Å². The molecule has 3 heterocycles. The second-order valence-corrected chi connectivity index (χ2v) is 7.93. The van der Waals surface area contributed by atoms with Gasteiger partial charge in [-0.3, -0.25) is 0 Å². The van der Waals surface area contributed by atoms with Gasteiger partial charge in [0.1, 0.15) is 23.2 Å². The van der Waals surface area contributed by atoms with E-state index in [4.69, 9.17) is 4.74 Å². The minimum Gasteiger partial charge on any atom is -0.491 e. The molecule has 0 bridgehead atoms. The van der Waals surface area contributed by atoms with Crippen molar-refractivity contribution in [2.24, 2.45) is 0 Å². The van der Waals surface area contributed by atoms with Crippen LogP contribution in [0.3, 0.4) is 0 Å². The van der Waals surface area contributed by atoms with Crippen LogP contribution in [-0.4, -0.2) is 29.7 Å². The third kappa shape index (κ3) is 3.34. The lowest BCUT2D eigenvalue weighted by atomic mass is 10.0. The molecule has 2 aromatic carbocycles. The Bertz CT molecular complexity index is 1160. The second-order valence-electron chi connectivity index (χ2n) is 7.93. The molecule has 5 rings (SSSR count). The molecule has 1 radical (unpaired) electrons. The highest BCUT2D eigenvalue weighted by Gasteiger charge is 2.28. The molecule has 1 fully saturated rings. The van der Waals surface area contributed by atoms with Gasteiger partial charge in [0.25, 0.3) is 6.43 Å². The predicted molar refractivity (Wildman–Crippen MR) is 113 cm³/mol. The Labute approximate surface area is 178 Å². The summed E-state index contributed by atoms with van der Waals surface area (Å²) in [6, 6.07) is 5.51. The molecule has 1 atom stereocenters. The van der Waals surface area contributed by atoms with E-state index in [1.807, 2.05) is 6.07 Å². The summed E-state index contributed by atoms with van der Waals surface area (Å²) in [5, 5.41) is 4.05. The zero-order valence-corrected chi connectivity index (χ0v) is 17.3. The summed E-state index contributed by atoms with van der Waals surface area (Å²) in [7, 11) is 0. The van der Waals surface area contributed by atoms with Crippen LogP contribution in [0.5, 0.6) is 5.75 Å². The predicted octanol–water partition coefficient (Wildman–Crippen LogP) is 5.15. The van der Waals surface area contributed by atoms with Crippen molar-refractivity contribution in [3.8, 4) is 5.75 Å². The number of fused-ring (bicyclic) bond motifs is 3. The second kappa shape index (κ2) is 7.59. The zero-order chi connectivity index (χ0) is 21.7. The number of hydrogen-bond donors (Lipinski definition) is 1. The van der Waals surface area contributed by atoms with Gasteiger partial charge in [0.05, 0.1) is 29.4 Å². The Hall–Kier alpha value is -3.03. The van der Waals surface area contributed by atoms with Gasteiger partial charge in [-0.15, -0.1) is 0 Å². The number of rotatable bonds is 5. The molecule has 1 N–H and O–H groups in total. The van der Waals surface area contributed by atoms with Crippen molar-refractivity contribution in [1.82, 2.24) is 9.97 Å². The van der Waals surface area contributed by atoms with Gasteiger partial charge in [-0.25, -0.2) is 23.1 Å². The van der Waals surface area contributed by atoms with Crippen molar-refractivity contribution in [3.63, 3.8) is 0 Å². The molecule has 0 aliphatic carbocycles. The van der Waals surface area contributed by atoms with Gasteiger partial charge in [0.2, 0.25) is 0 Å². The van der Waals surface area contributed by atoms with Gasteiger partial charge in [0.15, 0.2) is 0 Å². The van der Waals surface area contributed by atoms with Crippen LogP contribution in [0.4, 0.5) is 24.7 Å². The minimum atomic E-state index is -2.87. The number of nitrogens with zero attached hydrogens (tertiary/aromatic N) is 3. The van der Waals surface area contributed by atoms with Crippen molar-refractivity contribution in [2.75, 3.05) is 29.9 Å². The fourth-order valence-electron chi connectivity index (χ4n) is 4.21. The smallest absolute Gasteiger partial charge is 0.266 e. The number of aromatic nitrogens is 2. The SMILES string of the molecule is Cc1nc(N[C@H](C)c2cccc(C(F)F)c2F)c2cc(N3C[CH]C3)c3c(c2n1)CCO3. The summed E-state index contributed by atoms with van der Waals surface area (Å²) in [5.41, 5.74) is 2.43. The average Bonchev–Trinajstić information content (AvgIpc) is 3.17. The Balaban J connectivity index is 1.60. The molecule has 5 nitrogen and oxygen atoms in total. The van der Waals surface area contributed by atoms with E-state index < -0.39 is 23.8 Å². The van der Waals surface area contributed by atoms with E-state index in [1.165, 1.54) is 12.1 Å². The van der Waals surface area contributed by atoms with Gasteiger partial charge in [-0.05, 0) is 19.9 Å². The number of nitrogens with one attached hydrogen (secondary N) is 1. The Kier molecular flexibility index (Phi) is 4.87. The van der Waals surface area contributed by atoms with Crippen molar-refractivity contribution in [2.45, 2.75) is 32.7 Å². The standard InChI is InChI=1S/C23H22F3N4O/c1-12(14-5-3-6-15(19(14)24)22(25)26)27-23-17-11-18(30-8-4-9-30)21-16(7-10-31-21)20(17)28-13(2)29-23/h3-6,11-12,22H,7-10H2,1-2H3,(H,27,28,29)/t12-/m1/s1. The first kappa shape index (κ1) is 19.9. The zero-order valence-electron chi connectivity index (χ0n) is 17.3. The fourth-order valence-corrected chi connectivity index (χ4v) is 4.21. The van der Waals surface area contributed by atoms with Crippen LogP contribution in [0, 0.1) is 19.2 Å². The van der Waals surface area contributed by atoms with Crippen molar-refractivity contribution < 1.29 is 17.9 Å². The third-order valence-electron chi connectivity index (χ3n) is 5.88. The van der Waals surface area contributed by atoms with Crippen LogP contribution in [0.25, 0.3) is 10.9 Å². The van der Waals surface area contributed by atoms with Crippen LogP contribution in [-0.2, 0) is 6.42 Å². The minimum absolute atomic E-state index is 0.171. The van der Waals surface area contributed by atoms with Gasteiger partial charge < -0.3 is 15.0 Å². The summed E-state index contributed by atoms with van der Waals surface area (Å²) in [4.78, 5) is 11.4. The van der Waals surface area contributed by atoms with E-state index in [2.05, 4.69) is 26.6 Å². The maximum atomic E-state index is 14.7. The average molecular weight is 427 g/mol. The quantitative estimate of drug-likeness (QED) is 0.611. The van der Waals surface area contributed by atoms with E-state index in [0.29, 0.717) is 18.2 Å². The molecule has 0 unspecified atom stereocenters. The molecular weight excluding hydrogens is 405 g/mol. The largest absolute Gasteiger partial charge is 0.491 e. The normalized spacial score (nSPS) is 16.3. The monoisotopic (exact) mass is 427 g/mol. The molecule has 1 aromatic heterocycles. The highest BCUT2D eigenvalue weighted by Crippen LogP contribution is 2.44. The topological polar surface area (TPSA) is 50.3 Å². The number of anilines is 2. The molecule has 1 saturated heterocycles.